The maximum atomic E-state index is 9.65. The Labute approximate surface area is 92.7 Å². The van der Waals surface area contributed by atoms with Crippen molar-refractivity contribution >= 4 is 23.4 Å². The second-order valence-corrected chi connectivity index (χ2v) is 5.08. The zero-order chi connectivity index (χ0) is 9.97. The molecule has 2 atom stereocenters. The molecule has 0 aromatic carbocycles. The van der Waals surface area contributed by atoms with E-state index in [1.165, 1.54) is 0 Å². The number of hydrogen-bond acceptors (Lipinski definition) is 3. The maximum Gasteiger partial charge on any atom is 0.115 e. The first-order chi connectivity index (χ1) is 6.77. The van der Waals surface area contributed by atoms with Gasteiger partial charge in [0.15, 0.2) is 0 Å². The SMILES string of the molecule is O[C@H]1CCC[C@@H]1Sc1ncccc1Cl. The summed E-state index contributed by atoms with van der Waals surface area (Å²) in [5, 5.41) is 11.4. The Morgan fingerprint density at radius 3 is 3.00 bits per heavy atom. The predicted octanol–water partition coefficient (Wildman–Crippen LogP) is 2.74. The minimum atomic E-state index is -0.196. The number of aliphatic hydroxyl groups is 1. The Bertz CT molecular complexity index is 321. The van der Waals surface area contributed by atoms with Crippen molar-refractivity contribution in [2.45, 2.75) is 35.6 Å². The topological polar surface area (TPSA) is 33.1 Å². The summed E-state index contributed by atoms with van der Waals surface area (Å²) < 4.78 is 0. The summed E-state index contributed by atoms with van der Waals surface area (Å²) >= 11 is 7.58. The van der Waals surface area contributed by atoms with Crippen LogP contribution in [0.1, 0.15) is 19.3 Å². The fourth-order valence-electron chi connectivity index (χ4n) is 1.65. The van der Waals surface area contributed by atoms with Crippen molar-refractivity contribution in [2.75, 3.05) is 0 Å². The standard InChI is InChI=1S/C10H12ClNOS/c11-7-3-2-6-12-10(7)14-9-5-1-4-8(9)13/h2-3,6,8-9,13H,1,4-5H2/t8-,9-/m0/s1. The monoisotopic (exact) mass is 229 g/mol. The van der Waals surface area contributed by atoms with Crippen molar-refractivity contribution in [1.29, 1.82) is 0 Å². The smallest absolute Gasteiger partial charge is 0.115 e. The molecule has 0 amide bonds. The molecule has 0 unspecified atom stereocenters. The molecule has 1 aromatic heterocycles. The highest BCUT2D eigenvalue weighted by Gasteiger charge is 2.26. The molecule has 0 aliphatic heterocycles. The highest BCUT2D eigenvalue weighted by molar-refractivity contribution is 8.00. The number of rotatable bonds is 2. The lowest BCUT2D eigenvalue weighted by atomic mass is 10.3. The van der Waals surface area contributed by atoms with Gasteiger partial charge in [-0.05, 0) is 31.4 Å². The van der Waals surface area contributed by atoms with Gasteiger partial charge in [-0.15, -0.1) is 0 Å². The molecule has 4 heteroatoms. The summed E-state index contributed by atoms with van der Waals surface area (Å²) in [6.07, 6.45) is 4.60. The highest BCUT2D eigenvalue weighted by atomic mass is 35.5. The van der Waals surface area contributed by atoms with Gasteiger partial charge in [0.25, 0.3) is 0 Å². The molecule has 2 nitrogen and oxygen atoms in total. The van der Waals surface area contributed by atoms with Crippen LogP contribution in [-0.2, 0) is 0 Å². The molecule has 1 aliphatic carbocycles. The number of thioether (sulfide) groups is 1. The van der Waals surface area contributed by atoms with Crippen LogP contribution in [0, 0.1) is 0 Å². The Balaban J connectivity index is 2.07. The predicted molar refractivity (Wildman–Crippen MR) is 58.7 cm³/mol. The molecule has 1 aromatic rings. The fourth-order valence-corrected chi connectivity index (χ4v) is 3.07. The van der Waals surface area contributed by atoms with Crippen molar-refractivity contribution in [1.82, 2.24) is 4.98 Å². The number of aromatic nitrogens is 1. The zero-order valence-corrected chi connectivity index (χ0v) is 9.26. The number of hydrogen-bond donors (Lipinski definition) is 1. The fraction of sp³-hybridized carbons (Fsp3) is 0.500. The molecule has 76 valence electrons. The van der Waals surface area contributed by atoms with E-state index in [-0.39, 0.29) is 11.4 Å². The van der Waals surface area contributed by atoms with Crippen molar-refractivity contribution in [2.24, 2.45) is 0 Å². The quantitative estimate of drug-likeness (QED) is 0.847. The summed E-state index contributed by atoms with van der Waals surface area (Å²) in [6, 6.07) is 3.65. The van der Waals surface area contributed by atoms with Crippen molar-refractivity contribution < 1.29 is 5.11 Å². The normalized spacial score (nSPS) is 26.7. The number of halogens is 1. The molecule has 0 bridgehead atoms. The van der Waals surface area contributed by atoms with Crippen LogP contribution < -0.4 is 0 Å². The van der Waals surface area contributed by atoms with E-state index in [4.69, 9.17) is 11.6 Å². The molecule has 2 rings (SSSR count). The minimum Gasteiger partial charge on any atom is -0.392 e. The first kappa shape index (κ1) is 10.3. The van der Waals surface area contributed by atoms with Gasteiger partial charge in [-0.3, -0.25) is 0 Å². The van der Waals surface area contributed by atoms with Crippen LogP contribution in [0.2, 0.25) is 5.02 Å². The first-order valence-electron chi connectivity index (χ1n) is 4.72. The van der Waals surface area contributed by atoms with E-state index in [2.05, 4.69) is 4.98 Å². The van der Waals surface area contributed by atoms with Gasteiger partial charge in [0, 0.05) is 11.4 Å². The third-order valence-corrected chi connectivity index (χ3v) is 4.22. The second-order valence-electron chi connectivity index (χ2n) is 3.44. The average Bonchev–Trinajstić information content (AvgIpc) is 2.56. The molecule has 0 radical (unpaired) electrons. The van der Waals surface area contributed by atoms with Gasteiger partial charge in [0.1, 0.15) is 5.03 Å². The lowest BCUT2D eigenvalue weighted by Gasteiger charge is -2.13. The van der Waals surface area contributed by atoms with Crippen LogP contribution in [0.3, 0.4) is 0 Å². The Morgan fingerprint density at radius 1 is 1.50 bits per heavy atom. The van der Waals surface area contributed by atoms with Crippen molar-refractivity contribution in [3.63, 3.8) is 0 Å². The molecule has 1 heterocycles. The molecule has 1 fully saturated rings. The van der Waals surface area contributed by atoms with Crippen LogP contribution >= 0.6 is 23.4 Å². The number of nitrogens with zero attached hydrogens (tertiary/aromatic N) is 1. The minimum absolute atomic E-state index is 0.196. The maximum absolute atomic E-state index is 9.65. The van der Waals surface area contributed by atoms with Crippen LogP contribution in [0.4, 0.5) is 0 Å². The van der Waals surface area contributed by atoms with Gasteiger partial charge in [0.05, 0.1) is 11.1 Å². The second kappa shape index (κ2) is 4.51. The zero-order valence-electron chi connectivity index (χ0n) is 7.69. The summed E-state index contributed by atoms with van der Waals surface area (Å²) in [4.78, 5) is 4.20. The third kappa shape index (κ3) is 2.22. The molecule has 0 spiro atoms. The van der Waals surface area contributed by atoms with E-state index < -0.39 is 0 Å². The van der Waals surface area contributed by atoms with Gasteiger partial charge < -0.3 is 5.11 Å². The summed E-state index contributed by atoms with van der Waals surface area (Å²) in [5.41, 5.74) is 0. The summed E-state index contributed by atoms with van der Waals surface area (Å²) in [6.45, 7) is 0. The molecule has 1 aliphatic rings. The lowest BCUT2D eigenvalue weighted by molar-refractivity contribution is 0.188. The van der Waals surface area contributed by atoms with Gasteiger partial charge in [-0.2, -0.15) is 0 Å². The molecule has 1 saturated carbocycles. The van der Waals surface area contributed by atoms with Gasteiger partial charge in [0.2, 0.25) is 0 Å². The van der Waals surface area contributed by atoms with Crippen LogP contribution in [-0.4, -0.2) is 21.4 Å². The van der Waals surface area contributed by atoms with Gasteiger partial charge in [-0.1, -0.05) is 23.4 Å². The summed E-state index contributed by atoms with van der Waals surface area (Å²) in [7, 11) is 0. The van der Waals surface area contributed by atoms with E-state index >= 15 is 0 Å². The van der Waals surface area contributed by atoms with E-state index in [1.807, 2.05) is 12.1 Å². The summed E-state index contributed by atoms with van der Waals surface area (Å²) in [5.74, 6) is 0. The average molecular weight is 230 g/mol. The van der Waals surface area contributed by atoms with E-state index in [0.717, 1.165) is 24.3 Å². The van der Waals surface area contributed by atoms with Gasteiger partial charge in [-0.25, -0.2) is 4.98 Å². The van der Waals surface area contributed by atoms with Crippen molar-refractivity contribution in [3.05, 3.63) is 23.4 Å². The molecule has 14 heavy (non-hydrogen) atoms. The van der Waals surface area contributed by atoms with E-state index in [9.17, 15) is 5.11 Å². The Morgan fingerprint density at radius 2 is 2.36 bits per heavy atom. The highest BCUT2D eigenvalue weighted by Crippen LogP contribution is 2.36. The molecule has 0 saturated heterocycles. The molecular formula is C10H12ClNOS. The third-order valence-electron chi connectivity index (χ3n) is 2.41. The Kier molecular flexibility index (Phi) is 3.31. The Hall–Kier alpha value is -0.250. The van der Waals surface area contributed by atoms with Crippen molar-refractivity contribution in [3.8, 4) is 0 Å². The van der Waals surface area contributed by atoms with Crippen LogP contribution in [0.15, 0.2) is 23.4 Å². The number of pyridine rings is 1. The van der Waals surface area contributed by atoms with Gasteiger partial charge >= 0.3 is 0 Å². The lowest BCUT2D eigenvalue weighted by Crippen LogP contribution is -2.15. The van der Waals surface area contributed by atoms with Crippen LogP contribution in [0.25, 0.3) is 0 Å². The largest absolute Gasteiger partial charge is 0.392 e. The molecule has 1 N–H and O–H groups in total. The van der Waals surface area contributed by atoms with E-state index in [0.29, 0.717) is 5.02 Å². The first-order valence-corrected chi connectivity index (χ1v) is 5.98. The van der Waals surface area contributed by atoms with E-state index in [1.54, 1.807) is 18.0 Å². The number of aliphatic hydroxyl groups excluding tert-OH is 1. The van der Waals surface area contributed by atoms with Crippen LogP contribution in [0.5, 0.6) is 0 Å². The molecular weight excluding hydrogens is 218 g/mol.